The Hall–Kier alpha value is -2.19. The molecule has 16 heavy (non-hydrogen) atoms. The maximum absolute atomic E-state index is 11.5. The van der Waals surface area contributed by atoms with Crippen LogP contribution in [0.15, 0.2) is 40.3 Å². The minimum atomic E-state index is -0.499. The van der Waals surface area contributed by atoms with Gasteiger partial charge in [0.2, 0.25) is 0 Å². The summed E-state index contributed by atoms with van der Waals surface area (Å²) < 4.78 is 0. The van der Waals surface area contributed by atoms with Gasteiger partial charge in [0.05, 0.1) is 5.69 Å². The predicted molar refractivity (Wildman–Crippen MR) is 60.6 cm³/mol. The molecule has 1 N–H and O–H groups in total. The molecule has 1 aromatic carbocycles. The summed E-state index contributed by atoms with van der Waals surface area (Å²) in [4.78, 5) is 17.8. The van der Waals surface area contributed by atoms with Crippen LogP contribution in [0.25, 0.3) is 11.3 Å². The predicted octanol–water partition coefficient (Wildman–Crippen LogP) is 1.21. The molecule has 0 bridgehead atoms. The Morgan fingerprint density at radius 1 is 1.31 bits per heavy atom. The molecule has 0 aliphatic rings. The van der Waals surface area contributed by atoms with E-state index in [9.17, 15) is 4.79 Å². The van der Waals surface area contributed by atoms with Crippen molar-refractivity contribution in [2.24, 2.45) is 0 Å². The van der Waals surface area contributed by atoms with E-state index in [1.807, 2.05) is 24.3 Å². The Balaban J connectivity index is 2.75. The van der Waals surface area contributed by atoms with Crippen LogP contribution in [0, 0.1) is 11.3 Å². The third-order valence-electron chi connectivity index (χ3n) is 2.06. The first-order valence-electron chi connectivity index (χ1n) is 4.49. The molecule has 0 fully saturated rings. The zero-order valence-corrected chi connectivity index (χ0v) is 8.91. The average Bonchev–Trinajstić information content (AvgIpc) is 2.29. The topological polar surface area (TPSA) is 69.5 Å². The second kappa shape index (κ2) is 4.13. The van der Waals surface area contributed by atoms with Gasteiger partial charge in [-0.15, -0.1) is 0 Å². The van der Waals surface area contributed by atoms with Crippen molar-refractivity contribution in [2.75, 3.05) is 0 Å². The van der Waals surface area contributed by atoms with Crippen molar-refractivity contribution in [3.05, 3.63) is 46.2 Å². The van der Waals surface area contributed by atoms with Gasteiger partial charge in [-0.25, -0.2) is 0 Å². The molecule has 1 heterocycles. The summed E-state index contributed by atoms with van der Waals surface area (Å²) in [5, 5.41) is 8.99. The second-order valence-corrected chi connectivity index (χ2v) is 3.46. The van der Waals surface area contributed by atoms with Gasteiger partial charge in [0, 0.05) is 5.56 Å². The summed E-state index contributed by atoms with van der Waals surface area (Å²) in [7, 11) is 0. The van der Waals surface area contributed by atoms with Gasteiger partial charge < -0.3 is 17.6 Å². The highest BCUT2D eigenvalue weighted by molar-refractivity contribution is 7.58. The SMILES string of the molecule is N#Cc1c(-c2ccccc2)nc([S-])[nH]c1=O. The molecule has 0 aliphatic carbocycles. The van der Waals surface area contributed by atoms with Crippen molar-refractivity contribution in [1.29, 1.82) is 5.26 Å². The van der Waals surface area contributed by atoms with Crippen molar-refractivity contribution >= 4 is 12.6 Å². The van der Waals surface area contributed by atoms with E-state index in [4.69, 9.17) is 17.9 Å². The first kappa shape index (κ1) is 10.3. The summed E-state index contributed by atoms with van der Waals surface area (Å²) in [5.74, 6) is 0. The van der Waals surface area contributed by atoms with Crippen LogP contribution >= 0.6 is 0 Å². The molecule has 5 heteroatoms. The fourth-order valence-corrected chi connectivity index (χ4v) is 1.55. The number of nitrogens with zero attached hydrogens (tertiary/aromatic N) is 2. The molecule has 0 atom stereocenters. The van der Waals surface area contributed by atoms with Crippen LogP contribution < -0.4 is 5.56 Å². The maximum atomic E-state index is 11.5. The summed E-state index contributed by atoms with van der Waals surface area (Å²) in [5.41, 5.74) is 0.522. The van der Waals surface area contributed by atoms with Crippen molar-refractivity contribution < 1.29 is 0 Å². The smallest absolute Gasteiger partial charge is 0.268 e. The van der Waals surface area contributed by atoms with E-state index in [0.717, 1.165) is 0 Å². The van der Waals surface area contributed by atoms with E-state index in [0.29, 0.717) is 11.3 Å². The highest BCUT2D eigenvalue weighted by atomic mass is 32.1. The lowest BCUT2D eigenvalue weighted by molar-refractivity contribution is 0.940. The fourth-order valence-electron chi connectivity index (χ4n) is 1.36. The monoisotopic (exact) mass is 228 g/mol. The van der Waals surface area contributed by atoms with Crippen LogP contribution in [0.2, 0.25) is 0 Å². The Bertz CT molecular complexity index is 613. The number of rotatable bonds is 1. The maximum Gasteiger partial charge on any atom is 0.268 e. The fraction of sp³-hybridized carbons (Fsp3) is 0. The Morgan fingerprint density at radius 2 is 2.00 bits per heavy atom. The van der Waals surface area contributed by atoms with Crippen LogP contribution in [0.5, 0.6) is 0 Å². The molecule has 4 nitrogen and oxygen atoms in total. The Morgan fingerprint density at radius 3 is 2.62 bits per heavy atom. The quantitative estimate of drug-likeness (QED) is 0.588. The summed E-state index contributed by atoms with van der Waals surface area (Å²) in [6.07, 6.45) is 0. The lowest BCUT2D eigenvalue weighted by atomic mass is 10.1. The molecule has 0 saturated carbocycles. The van der Waals surface area contributed by atoms with Crippen LogP contribution in [0.4, 0.5) is 0 Å². The molecule has 78 valence electrons. The minimum Gasteiger partial charge on any atom is -0.742 e. The van der Waals surface area contributed by atoms with Crippen molar-refractivity contribution in [3.8, 4) is 17.3 Å². The zero-order valence-electron chi connectivity index (χ0n) is 8.10. The van der Waals surface area contributed by atoms with E-state index in [-0.39, 0.29) is 10.7 Å². The van der Waals surface area contributed by atoms with E-state index in [1.54, 1.807) is 12.1 Å². The molecule has 0 amide bonds. The number of aromatic nitrogens is 2. The lowest BCUT2D eigenvalue weighted by Crippen LogP contribution is -2.14. The lowest BCUT2D eigenvalue weighted by Gasteiger charge is -2.08. The van der Waals surface area contributed by atoms with Crippen LogP contribution in [-0.2, 0) is 12.6 Å². The minimum absolute atomic E-state index is 0.0141. The summed E-state index contributed by atoms with van der Waals surface area (Å²) >= 11 is 4.82. The third-order valence-corrected chi connectivity index (χ3v) is 2.25. The number of aromatic amines is 1. The highest BCUT2D eigenvalue weighted by Crippen LogP contribution is 2.17. The number of H-pyrrole nitrogens is 1. The highest BCUT2D eigenvalue weighted by Gasteiger charge is 2.09. The second-order valence-electron chi connectivity index (χ2n) is 3.07. The number of nitrogens with one attached hydrogen (secondary N) is 1. The van der Waals surface area contributed by atoms with Crippen LogP contribution in [0.1, 0.15) is 5.56 Å². The van der Waals surface area contributed by atoms with Gasteiger partial charge in [-0.1, -0.05) is 30.3 Å². The molecule has 1 aromatic heterocycles. The molecule has 0 aliphatic heterocycles. The van der Waals surface area contributed by atoms with E-state index < -0.39 is 5.56 Å². The van der Waals surface area contributed by atoms with Gasteiger partial charge in [0.25, 0.3) is 5.56 Å². The van der Waals surface area contributed by atoms with Crippen molar-refractivity contribution in [3.63, 3.8) is 0 Å². The molecule has 0 saturated heterocycles. The van der Waals surface area contributed by atoms with Crippen molar-refractivity contribution in [1.82, 2.24) is 9.97 Å². The van der Waals surface area contributed by atoms with E-state index >= 15 is 0 Å². The van der Waals surface area contributed by atoms with E-state index in [1.165, 1.54) is 0 Å². The normalized spacial score (nSPS) is 9.69. The first-order chi connectivity index (χ1) is 7.72. The molecular formula is C11H6N3OS-. The number of benzene rings is 1. The van der Waals surface area contributed by atoms with Gasteiger partial charge in [-0.2, -0.15) is 5.26 Å². The molecular weight excluding hydrogens is 222 g/mol. The molecule has 2 rings (SSSR count). The van der Waals surface area contributed by atoms with Crippen LogP contribution in [0.3, 0.4) is 0 Å². The molecule has 0 radical (unpaired) electrons. The molecule has 2 aromatic rings. The number of hydrogen-bond donors (Lipinski definition) is 1. The first-order valence-corrected chi connectivity index (χ1v) is 4.90. The Labute approximate surface area is 97.0 Å². The van der Waals surface area contributed by atoms with E-state index in [2.05, 4.69) is 9.97 Å². The van der Waals surface area contributed by atoms with Gasteiger partial charge in [0.15, 0.2) is 0 Å². The van der Waals surface area contributed by atoms with Gasteiger partial charge >= 0.3 is 0 Å². The summed E-state index contributed by atoms with van der Waals surface area (Å²) in [6.45, 7) is 0. The Kier molecular flexibility index (Phi) is 2.66. The largest absolute Gasteiger partial charge is 0.742 e. The zero-order chi connectivity index (χ0) is 11.5. The molecule has 0 unspecified atom stereocenters. The number of hydrogen-bond acceptors (Lipinski definition) is 4. The average molecular weight is 228 g/mol. The third kappa shape index (κ3) is 1.78. The van der Waals surface area contributed by atoms with Gasteiger partial charge in [0.1, 0.15) is 11.6 Å². The molecule has 0 spiro atoms. The standard InChI is InChI=1S/C11H7N3OS/c12-6-8-9(7-4-2-1-3-5-7)13-11(16)14-10(8)15/h1-5H,(H2,13,14,15,16)/p-1. The van der Waals surface area contributed by atoms with Gasteiger partial charge in [-0.3, -0.25) is 9.78 Å². The summed E-state index contributed by atoms with van der Waals surface area (Å²) in [6, 6.07) is 10.8. The van der Waals surface area contributed by atoms with Crippen molar-refractivity contribution in [2.45, 2.75) is 5.16 Å². The van der Waals surface area contributed by atoms with Crippen LogP contribution in [-0.4, -0.2) is 9.97 Å². The number of nitriles is 1. The van der Waals surface area contributed by atoms with Gasteiger partial charge in [-0.05, 0) is 5.16 Å².